The summed E-state index contributed by atoms with van der Waals surface area (Å²) in [5.74, 6) is -0.182. The number of hydrogen-bond donors (Lipinski definition) is 1. The van der Waals surface area contributed by atoms with Gasteiger partial charge in [0.2, 0.25) is 6.29 Å². The Hall–Kier alpha value is -1.82. The molecule has 3 fully saturated rings. The van der Waals surface area contributed by atoms with Crippen LogP contribution in [0.5, 0.6) is 0 Å². The molecule has 0 spiro atoms. The summed E-state index contributed by atoms with van der Waals surface area (Å²) in [5.41, 5.74) is 1.82. The normalized spacial score (nSPS) is 40.1. The minimum Gasteiger partial charge on any atom is -0.343 e. The van der Waals surface area contributed by atoms with E-state index in [1.165, 1.54) is 0 Å². The molecule has 26 heavy (non-hydrogen) atoms. The Bertz CT molecular complexity index is 824. The molecule has 0 saturated carbocycles. The van der Waals surface area contributed by atoms with E-state index < -0.39 is 11.7 Å². The topological polar surface area (TPSA) is 57.0 Å². The number of rotatable bonds is 1. The molecule has 0 radical (unpaired) electrons. The van der Waals surface area contributed by atoms with Crippen LogP contribution in [-0.2, 0) is 19.1 Å². The Morgan fingerprint density at radius 2 is 2.00 bits per heavy atom. The van der Waals surface area contributed by atoms with Crippen LogP contribution in [-0.4, -0.2) is 36.6 Å². The monoisotopic (exact) mass is 354 g/mol. The minimum atomic E-state index is -0.760. The summed E-state index contributed by atoms with van der Waals surface area (Å²) in [7, 11) is 0. The van der Waals surface area contributed by atoms with Gasteiger partial charge in [0.25, 0.3) is 0 Å². The number of quaternary nitrogens is 1. The van der Waals surface area contributed by atoms with Gasteiger partial charge in [0.05, 0.1) is 30.7 Å². The molecule has 4 heterocycles. The standard InChI is InChI=1S/C21H23NO4/c1-21(2,3)19(24)17-14-13-10-25-20(26-13)18(23)15(14)16-12-7-5-4-6-11(12)8-9-22(16)17/h4-9,13-17,20H,10H2,1-3H3/p+1/t13-,14-,15+,16+,17+,20-/m0/s1. The summed E-state index contributed by atoms with van der Waals surface area (Å²) in [5, 5.41) is 0. The van der Waals surface area contributed by atoms with Crippen molar-refractivity contribution in [2.75, 3.05) is 6.61 Å². The van der Waals surface area contributed by atoms with Crippen molar-refractivity contribution in [2.45, 2.75) is 45.2 Å². The summed E-state index contributed by atoms with van der Waals surface area (Å²) >= 11 is 0. The SMILES string of the molecule is CC(C)(C)C(=O)[C@H]1[C@@H]2[C@@H](C(=O)[C@H]3OC[C@@H]2O3)[C@H]2c3ccccc3C=C[NH+]21. The third kappa shape index (κ3) is 2.08. The summed E-state index contributed by atoms with van der Waals surface area (Å²) in [6.45, 7) is 6.27. The number of benzene rings is 1. The molecule has 1 N–H and O–H groups in total. The molecule has 4 aliphatic rings. The summed E-state index contributed by atoms with van der Waals surface area (Å²) in [6.07, 6.45) is 3.23. The minimum absolute atomic E-state index is 0.000521. The Kier molecular flexibility index (Phi) is 3.36. The number of hydrogen-bond acceptors (Lipinski definition) is 4. The van der Waals surface area contributed by atoms with Crippen LogP contribution < -0.4 is 4.90 Å². The lowest BCUT2D eigenvalue weighted by Crippen LogP contribution is -3.12. The molecular weight excluding hydrogens is 330 g/mol. The zero-order chi connectivity index (χ0) is 18.2. The van der Waals surface area contributed by atoms with Crippen LogP contribution in [0.15, 0.2) is 30.5 Å². The van der Waals surface area contributed by atoms with E-state index in [1.807, 2.05) is 32.9 Å². The zero-order valence-corrected chi connectivity index (χ0v) is 15.3. The van der Waals surface area contributed by atoms with E-state index in [9.17, 15) is 9.59 Å². The smallest absolute Gasteiger partial charge is 0.218 e. The first-order chi connectivity index (χ1) is 12.4. The lowest BCUT2D eigenvalue weighted by molar-refractivity contribution is -0.885. The second-order valence-corrected chi connectivity index (χ2v) is 8.88. The van der Waals surface area contributed by atoms with Gasteiger partial charge in [-0.25, -0.2) is 0 Å². The molecule has 1 aromatic rings. The van der Waals surface area contributed by atoms with Crippen molar-refractivity contribution in [3.05, 3.63) is 41.6 Å². The van der Waals surface area contributed by atoms with E-state index in [1.54, 1.807) is 0 Å². The maximum Gasteiger partial charge on any atom is 0.218 e. The highest BCUT2D eigenvalue weighted by Crippen LogP contribution is 2.47. The Morgan fingerprint density at radius 3 is 2.77 bits per heavy atom. The second-order valence-electron chi connectivity index (χ2n) is 8.88. The van der Waals surface area contributed by atoms with Gasteiger partial charge in [0.15, 0.2) is 17.6 Å². The first kappa shape index (κ1) is 16.4. The van der Waals surface area contributed by atoms with E-state index in [0.29, 0.717) is 6.61 Å². The van der Waals surface area contributed by atoms with Crippen molar-refractivity contribution in [3.8, 4) is 0 Å². The van der Waals surface area contributed by atoms with Gasteiger partial charge < -0.3 is 9.47 Å². The van der Waals surface area contributed by atoms with E-state index in [-0.39, 0.29) is 41.6 Å². The molecule has 2 bridgehead atoms. The maximum absolute atomic E-state index is 13.4. The molecule has 1 unspecified atom stereocenters. The molecule has 5 heteroatoms. The lowest BCUT2D eigenvalue weighted by atomic mass is 9.73. The number of ketones is 2. The van der Waals surface area contributed by atoms with E-state index in [0.717, 1.165) is 16.0 Å². The number of ether oxygens (including phenoxy) is 2. The highest BCUT2D eigenvalue weighted by atomic mass is 16.7. The van der Waals surface area contributed by atoms with Crippen molar-refractivity contribution in [2.24, 2.45) is 17.3 Å². The molecule has 3 saturated heterocycles. The van der Waals surface area contributed by atoms with E-state index in [4.69, 9.17) is 9.47 Å². The average molecular weight is 354 g/mol. The number of nitrogens with one attached hydrogen (secondary N) is 1. The fourth-order valence-electron chi connectivity index (χ4n) is 5.29. The Balaban J connectivity index is 1.68. The number of fused-ring (bicyclic) bond motifs is 8. The van der Waals surface area contributed by atoms with Gasteiger partial charge in [-0.1, -0.05) is 45.0 Å². The molecule has 4 aliphatic heterocycles. The predicted molar refractivity (Wildman–Crippen MR) is 94.0 cm³/mol. The summed E-state index contributed by atoms with van der Waals surface area (Å²) in [4.78, 5) is 27.6. The molecule has 0 aliphatic carbocycles. The van der Waals surface area contributed by atoms with Crippen LogP contribution in [0.2, 0.25) is 0 Å². The van der Waals surface area contributed by atoms with Crippen LogP contribution in [0.25, 0.3) is 6.08 Å². The highest BCUT2D eigenvalue weighted by Gasteiger charge is 2.67. The van der Waals surface area contributed by atoms with Gasteiger partial charge in [-0.3, -0.25) is 14.5 Å². The number of Topliss-reactive ketones (excluding diaryl/α,β-unsaturated/α-hetero) is 2. The van der Waals surface area contributed by atoms with Gasteiger partial charge in [0, 0.05) is 11.0 Å². The van der Waals surface area contributed by atoms with E-state index >= 15 is 0 Å². The molecule has 5 rings (SSSR count). The molecule has 0 amide bonds. The third-order valence-electron chi connectivity index (χ3n) is 6.39. The molecular formula is C21H24NO4+. The van der Waals surface area contributed by atoms with Gasteiger partial charge in [-0.2, -0.15) is 0 Å². The second kappa shape index (κ2) is 5.35. The quantitative estimate of drug-likeness (QED) is 0.822. The number of carbonyl (C=O) groups excluding carboxylic acids is 2. The average Bonchev–Trinajstić information content (AvgIpc) is 3.19. The highest BCUT2D eigenvalue weighted by molar-refractivity contribution is 5.92. The van der Waals surface area contributed by atoms with Gasteiger partial charge in [0.1, 0.15) is 6.04 Å². The number of carbonyl (C=O) groups is 2. The van der Waals surface area contributed by atoms with Crippen molar-refractivity contribution in [1.82, 2.24) is 0 Å². The van der Waals surface area contributed by atoms with Crippen LogP contribution in [0.3, 0.4) is 0 Å². The fraction of sp³-hybridized carbons (Fsp3) is 0.524. The summed E-state index contributed by atoms with van der Waals surface area (Å²) < 4.78 is 11.4. The van der Waals surface area contributed by atoms with Crippen molar-refractivity contribution >= 4 is 17.6 Å². The largest absolute Gasteiger partial charge is 0.343 e. The van der Waals surface area contributed by atoms with Crippen LogP contribution in [0.1, 0.15) is 37.9 Å². The first-order valence-corrected chi connectivity index (χ1v) is 9.37. The van der Waals surface area contributed by atoms with Crippen molar-refractivity contribution < 1.29 is 24.0 Å². The fourth-order valence-corrected chi connectivity index (χ4v) is 5.29. The zero-order valence-electron chi connectivity index (χ0n) is 15.3. The van der Waals surface area contributed by atoms with Crippen molar-refractivity contribution in [3.63, 3.8) is 0 Å². The molecule has 0 aromatic heterocycles. The molecule has 1 aromatic carbocycles. The van der Waals surface area contributed by atoms with Crippen LogP contribution in [0, 0.1) is 17.3 Å². The predicted octanol–water partition coefficient (Wildman–Crippen LogP) is 1.15. The molecule has 5 nitrogen and oxygen atoms in total. The Labute approximate surface area is 153 Å². The first-order valence-electron chi connectivity index (χ1n) is 9.37. The molecule has 136 valence electrons. The maximum atomic E-state index is 13.4. The molecule has 7 atom stereocenters. The Morgan fingerprint density at radius 1 is 1.23 bits per heavy atom. The van der Waals surface area contributed by atoms with Gasteiger partial charge in [-0.15, -0.1) is 0 Å². The summed E-state index contributed by atoms with van der Waals surface area (Å²) in [6, 6.07) is 7.86. The van der Waals surface area contributed by atoms with Gasteiger partial charge in [-0.05, 0) is 11.6 Å². The van der Waals surface area contributed by atoms with Crippen molar-refractivity contribution in [1.29, 1.82) is 0 Å². The van der Waals surface area contributed by atoms with Gasteiger partial charge >= 0.3 is 0 Å². The van der Waals surface area contributed by atoms with Crippen LogP contribution in [0.4, 0.5) is 0 Å². The van der Waals surface area contributed by atoms with Crippen LogP contribution >= 0.6 is 0 Å². The lowest BCUT2D eigenvalue weighted by Gasteiger charge is -2.32. The third-order valence-corrected chi connectivity index (χ3v) is 6.39. The van der Waals surface area contributed by atoms with E-state index in [2.05, 4.69) is 24.4 Å².